The maximum atomic E-state index is 12.4. The number of halogens is 1. The fourth-order valence-corrected chi connectivity index (χ4v) is 4.30. The van der Waals surface area contributed by atoms with Crippen molar-refractivity contribution in [3.05, 3.63) is 57.2 Å². The van der Waals surface area contributed by atoms with Gasteiger partial charge in [-0.3, -0.25) is 0 Å². The topological polar surface area (TPSA) is 75.6 Å². The van der Waals surface area contributed by atoms with Crippen molar-refractivity contribution in [1.29, 1.82) is 0 Å². The van der Waals surface area contributed by atoms with E-state index >= 15 is 0 Å². The Balaban J connectivity index is 2.14. The van der Waals surface area contributed by atoms with Crippen LogP contribution in [-0.4, -0.2) is 33.3 Å². The van der Waals surface area contributed by atoms with E-state index in [2.05, 4.69) is 27.3 Å². The number of hydrogen-bond acceptors (Lipinski definition) is 4. The number of aliphatic hydroxyl groups excluding tert-OH is 1. The van der Waals surface area contributed by atoms with E-state index in [4.69, 9.17) is 4.74 Å². The van der Waals surface area contributed by atoms with Crippen LogP contribution >= 0.6 is 22.6 Å². The number of hydrogen-bond donors (Lipinski definition) is 2. The van der Waals surface area contributed by atoms with Gasteiger partial charge in [0.2, 0.25) is 10.0 Å². The van der Waals surface area contributed by atoms with E-state index in [0.29, 0.717) is 6.42 Å². The van der Waals surface area contributed by atoms with Crippen LogP contribution in [0.5, 0.6) is 5.75 Å². The van der Waals surface area contributed by atoms with Gasteiger partial charge in [0.15, 0.2) is 0 Å². The number of sulfonamides is 1. The van der Waals surface area contributed by atoms with Gasteiger partial charge in [0.25, 0.3) is 0 Å². The number of nitrogens with one attached hydrogen (secondary N) is 1. The number of aryl methyl sites for hydroxylation is 1. The quantitative estimate of drug-likeness (QED) is 0.622. The summed E-state index contributed by atoms with van der Waals surface area (Å²) in [4.78, 5) is 0.191. The second kappa shape index (κ2) is 8.28. The van der Waals surface area contributed by atoms with Gasteiger partial charge in [0.1, 0.15) is 5.75 Å². The molecule has 7 heteroatoms. The summed E-state index contributed by atoms with van der Waals surface area (Å²) >= 11 is 2.16. The lowest BCUT2D eigenvalue weighted by molar-refractivity contribution is 0.256. The SMILES string of the molecule is COc1ccc(C[C@@H](CO)NS(=O)(=O)c2ccc(C)cc2)cc1I. The van der Waals surface area contributed by atoms with Gasteiger partial charge in [-0.05, 0) is 65.8 Å². The number of benzene rings is 2. The Morgan fingerprint density at radius 2 is 1.88 bits per heavy atom. The van der Waals surface area contributed by atoms with Crippen molar-refractivity contribution < 1.29 is 18.3 Å². The molecule has 0 aliphatic heterocycles. The highest BCUT2D eigenvalue weighted by Gasteiger charge is 2.20. The Hall–Kier alpha value is -1.16. The van der Waals surface area contributed by atoms with Gasteiger partial charge in [-0.2, -0.15) is 0 Å². The molecule has 130 valence electrons. The van der Waals surface area contributed by atoms with Gasteiger partial charge in [-0.1, -0.05) is 23.8 Å². The molecule has 0 fully saturated rings. The first kappa shape index (κ1) is 19.2. The van der Waals surface area contributed by atoms with Gasteiger partial charge < -0.3 is 9.84 Å². The molecule has 0 amide bonds. The van der Waals surface area contributed by atoms with E-state index in [1.807, 2.05) is 25.1 Å². The van der Waals surface area contributed by atoms with Gasteiger partial charge in [0, 0.05) is 6.04 Å². The molecule has 2 rings (SSSR count). The fraction of sp³-hybridized carbons (Fsp3) is 0.294. The van der Waals surface area contributed by atoms with Crippen LogP contribution in [0.25, 0.3) is 0 Å². The van der Waals surface area contributed by atoms with E-state index in [-0.39, 0.29) is 11.5 Å². The number of aliphatic hydroxyl groups is 1. The molecule has 2 aromatic carbocycles. The van der Waals surface area contributed by atoms with Crippen molar-refractivity contribution in [2.45, 2.75) is 24.3 Å². The Bertz CT molecular complexity index is 791. The summed E-state index contributed by atoms with van der Waals surface area (Å²) in [5.74, 6) is 0.764. The van der Waals surface area contributed by atoms with Crippen LogP contribution in [-0.2, 0) is 16.4 Å². The zero-order valence-corrected chi connectivity index (χ0v) is 16.5. The molecule has 0 aliphatic rings. The molecule has 2 N–H and O–H groups in total. The molecule has 1 atom stereocenters. The summed E-state index contributed by atoms with van der Waals surface area (Å²) in [7, 11) is -2.07. The molecular weight excluding hydrogens is 441 g/mol. The minimum absolute atomic E-state index is 0.191. The third-order valence-corrected chi connectivity index (χ3v) is 5.95. The molecule has 0 heterocycles. The fourth-order valence-electron chi connectivity index (χ4n) is 2.27. The lowest BCUT2D eigenvalue weighted by atomic mass is 10.1. The monoisotopic (exact) mass is 461 g/mol. The first-order chi connectivity index (χ1) is 11.4. The van der Waals surface area contributed by atoms with Crippen molar-refractivity contribution in [2.24, 2.45) is 0 Å². The van der Waals surface area contributed by atoms with E-state index in [1.54, 1.807) is 31.4 Å². The first-order valence-corrected chi connectivity index (χ1v) is 9.94. The van der Waals surface area contributed by atoms with Crippen LogP contribution in [0.4, 0.5) is 0 Å². The van der Waals surface area contributed by atoms with Gasteiger partial charge in [-0.15, -0.1) is 0 Å². The molecule has 0 aliphatic carbocycles. The summed E-state index contributed by atoms with van der Waals surface area (Å²) in [5.41, 5.74) is 1.91. The largest absolute Gasteiger partial charge is 0.496 e. The molecule has 0 spiro atoms. The molecule has 0 bridgehead atoms. The number of ether oxygens (including phenoxy) is 1. The van der Waals surface area contributed by atoms with Gasteiger partial charge in [-0.25, -0.2) is 13.1 Å². The van der Waals surface area contributed by atoms with Crippen molar-refractivity contribution >= 4 is 32.6 Å². The molecular formula is C17H20INO4S. The molecule has 0 saturated heterocycles. The second-order valence-corrected chi connectivity index (χ2v) is 8.36. The number of rotatable bonds is 7. The zero-order chi connectivity index (χ0) is 17.7. The average Bonchev–Trinajstić information content (AvgIpc) is 2.54. The maximum absolute atomic E-state index is 12.4. The van der Waals surface area contributed by atoms with E-state index in [1.165, 1.54) is 0 Å². The smallest absolute Gasteiger partial charge is 0.240 e. The maximum Gasteiger partial charge on any atom is 0.240 e. The molecule has 0 saturated carbocycles. The summed E-state index contributed by atoms with van der Waals surface area (Å²) in [6, 6.07) is 11.6. The summed E-state index contributed by atoms with van der Waals surface area (Å²) in [5, 5.41) is 9.56. The first-order valence-electron chi connectivity index (χ1n) is 7.38. The lowest BCUT2D eigenvalue weighted by Gasteiger charge is -2.17. The molecule has 24 heavy (non-hydrogen) atoms. The third kappa shape index (κ3) is 4.92. The van der Waals surface area contributed by atoms with Crippen LogP contribution in [0.15, 0.2) is 47.4 Å². The van der Waals surface area contributed by atoms with Crippen molar-refractivity contribution in [1.82, 2.24) is 4.72 Å². The normalized spacial score (nSPS) is 12.8. The summed E-state index contributed by atoms with van der Waals surface area (Å²) < 4.78 is 33.6. The lowest BCUT2D eigenvalue weighted by Crippen LogP contribution is -2.39. The molecule has 0 aromatic heterocycles. The minimum atomic E-state index is -3.67. The van der Waals surface area contributed by atoms with Crippen LogP contribution in [0.1, 0.15) is 11.1 Å². The molecule has 2 aromatic rings. The van der Waals surface area contributed by atoms with Crippen molar-refractivity contribution in [3.8, 4) is 5.75 Å². The molecule has 5 nitrogen and oxygen atoms in total. The third-order valence-electron chi connectivity index (χ3n) is 3.57. The standard InChI is InChI=1S/C17H20INO4S/c1-12-3-6-15(7-4-12)24(21,22)19-14(11-20)9-13-5-8-17(23-2)16(18)10-13/h3-8,10,14,19-20H,9,11H2,1-2H3/t14-/m0/s1. The van der Waals surface area contributed by atoms with Crippen LogP contribution in [0.2, 0.25) is 0 Å². The van der Waals surface area contributed by atoms with E-state index in [0.717, 1.165) is 20.4 Å². The van der Waals surface area contributed by atoms with Crippen LogP contribution < -0.4 is 9.46 Å². The predicted molar refractivity (Wildman–Crippen MR) is 102 cm³/mol. The highest BCUT2D eigenvalue weighted by atomic mass is 127. The Kier molecular flexibility index (Phi) is 6.62. The molecule has 0 radical (unpaired) electrons. The number of methoxy groups -OCH3 is 1. The summed E-state index contributed by atoms with van der Waals surface area (Å²) in [6.45, 7) is 1.61. The van der Waals surface area contributed by atoms with Crippen LogP contribution in [0.3, 0.4) is 0 Å². The second-order valence-electron chi connectivity index (χ2n) is 5.49. The molecule has 0 unspecified atom stereocenters. The summed E-state index contributed by atoms with van der Waals surface area (Å²) in [6.07, 6.45) is 0.390. The van der Waals surface area contributed by atoms with Crippen molar-refractivity contribution in [2.75, 3.05) is 13.7 Å². The Morgan fingerprint density at radius 1 is 1.21 bits per heavy atom. The van der Waals surface area contributed by atoms with E-state index in [9.17, 15) is 13.5 Å². The van der Waals surface area contributed by atoms with Gasteiger partial charge in [0.05, 0.1) is 22.2 Å². The Morgan fingerprint density at radius 3 is 2.42 bits per heavy atom. The van der Waals surface area contributed by atoms with Crippen LogP contribution in [0, 0.1) is 10.5 Å². The minimum Gasteiger partial charge on any atom is -0.496 e. The average molecular weight is 461 g/mol. The van der Waals surface area contributed by atoms with Crippen molar-refractivity contribution in [3.63, 3.8) is 0 Å². The zero-order valence-electron chi connectivity index (χ0n) is 13.5. The van der Waals surface area contributed by atoms with Gasteiger partial charge >= 0.3 is 0 Å². The highest BCUT2D eigenvalue weighted by Crippen LogP contribution is 2.22. The Labute approximate surface area is 156 Å². The van der Waals surface area contributed by atoms with E-state index < -0.39 is 16.1 Å². The predicted octanol–water partition coefficient (Wildman–Crippen LogP) is 2.49. The highest BCUT2D eigenvalue weighted by molar-refractivity contribution is 14.1.